The highest BCUT2D eigenvalue weighted by atomic mass is 35.5. The Labute approximate surface area is 86.6 Å². The number of ether oxygens (including phenoxy) is 1. The van der Waals surface area contributed by atoms with Crippen LogP contribution in [-0.2, 0) is 0 Å². The molecule has 0 aromatic carbocycles. The maximum Gasteiger partial charge on any atom is 0.491 e. The van der Waals surface area contributed by atoms with Crippen LogP contribution in [0.3, 0.4) is 0 Å². The van der Waals surface area contributed by atoms with Gasteiger partial charge in [-0.25, -0.2) is 4.98 Å². The number of hydrogen-bond donors (Lipinski definition) is 2. The summed E-state index contributed by atoms with van der Waals surface area (Å²) in [5.74, 6) is 0.432. The average molecular weight is 213 g/mol. The molecule has 6 heteroatoms. The van der Waals surface area contributed by atoms with E-state index in [1.54, 1.807) is 6.07 Å². The Hall–Kier alpha value is -0.775. The molecule has 1 aliphatic rings. The first-order valence-electron chi connectivity index (χ1n) is 4.36. The summed E-state index contributed by atoms with van der Waals surface area (Å²) in [4.78, 5) is 3.90. The second kappa shape index (κ2) is 3.77. The van der Waals surface area contributed by atoms with Gasteiger partial charge < -0.3 is 14.8 Å². The van der Waals surface area contributed by atoms with Crippen LogP contribution in [0.4, 0.5) is 0 Å². The number of rotatable bonds is 3. The van der Waals surface area contributed by atoms with E-state index in [0.717, 1.165) is 12.8 Å². The Morgan fingerprint density at radius 3 is 2.64 bits per heavy atom. The molecule has 1 heterocycles. The van der Waals surface area contributed by atoms with Gasteiger partial charge in [0.15, 0.2) is 0 Å². The van der Waals surface area contributed by atoms with Gasteiger partial charge in [0.2, 0.25) is 5.88 Å². The topological polar surface area (TPSA) is 62.6 Å². The van der Waals surface area contributed by atoms with Crippen LogP contribution in [0.15, 0.2) is 12.1 Å². The number of pyridine rings is 1. The summed E-state index contributed by atoms with van der Waals surface area (Å²) >= 11 is 5.72. The number of hydrogen-bond acceptors (Lipinski definition) is 4. The van der Waals surface area contributed by atoms with E-state index >= 15 is 0 Å². The van der Waals surface area contributed by atoms with E-state index < -0.39 is 7.12 Å². The van der Waals surface area contributed by atoms with E-state index in [1.165, 1.54) is 6.07 Å². The van der Waals surface area contributed by atoms with Crippen molar-refractivity contribution in [2.45, 2.75) is 18.9 Å². The molecular formula is C8H9BClNO3. The minimum atomic E-state index is -1.59. The molecule has 1 aromatic heterocycles. The van der Waals surface area contributed by atoms with Crippen molar-refractivity contribution < 1.29 is 14.8 Å². The van der Waals surface area contributed by atoms with Crippen molar-refractivity contribution in [3.63, 3.8) is 0 Å². The monoisotopic (exact) mass is 213 g/mol. The van der Waals surface area contributed by atoms with E-state index in [-0.39, 0.29) is 16.7 Å². The van der Waals surface area contributed by atoms with Gasteiger partial charge in [-0.1, -0.05) is 17.7 Å². The average Bonchev–Trinajstić information content (AvgIpc) is 2.87. The van der Waals surface area contributed by atoms with Gasteiger partial charge in [-0.15, -0.1) is 0 Å². The Bertz CT molecular complexity index is 343. The van der Waals surface area contributed by atoms with Gasteiger partial charge in [-0.2, -0.15) is 0 Å². The van der Waals surface area contributed by atoms with E-state index in [1.807, 2.05) is 0 Å². The molecule has 0 radical (unpaired) electrons. The minimum absolute atomic E-state index is 0.0677. The molecule has 4 nitrogen and oxygen atoms in total. The predicted octanol–water partition coefficient (Wildman–Crippen LogP) is -0.0440. The van der Waals surface area contributed by atoms with E-state index in [0.29, 0.717) is 5.88 Å². The largest absolute Gasteiger partial charge is 0.491 e. The molecule has 0 amide bonds. The molecule has 0 saturated heterocycles. The first-order chi connectivity index (χ1) is 6.66. The summed E-state index contributed by atoms with van der Waals surface area (Å²) in [6, 6.07) is 3.08. The van der Waals surface area contributed by atoms with Gasteiger partial charge in [0.25, 0.3) is 0 Å². The molecule has 0 atom stereocenters. The Morgan fingerprint density at radius 2 is 2.14 bits per heavy atom. The molecule has 1 fully saturated rings. The number of aromatic nitrogens is 1. The smallest absolute Gasteiger partial charge is 0.474 e. The van der Waals surface area contributed by atoms with E-state index in [2.05, 4.69) is 4.98 Å². The highest BCUT2D eigenvalue weighted by Crippen LogP contribution is 2.25. The zero-order chi connectivity index (χ0) is 10.1. The molecule has 1 aromatic rings. The van der Waals surface area contributed by atoms with E-state index in [9.17, 15) is 0 Å². The quantitative estimate of drug-likeness (QED) is 0.546. The molecule has 0 bridgehead atoms. The highest BCUT2D eigenvalue weighted by molar-refractivity contribution is 6.62. The predicted molar refractivity (Wildman–Crippen MR) is 52.7 cm³/mol. The normalized spacial score (nSPS) is 15.4. The van der Waals surface area contributed by atoms with Crippen molar-refractivity contribution in [2.24, 2.45) is 0 Å². The highest BCUT2D eigenvalue weighted by Gasteiger charge is 2.25. The first-order valence-corrected chi connectivity index (χ1v) is 4.74. The van der Waals surface area contributed by atoms with Crippen molar-refractivity contribution >= 4 is 24.2 Å². The SMILES string of the molecule is OB(O)c1ccc(OC2CC2)nc1Cl. The molecule has 2 rings (SSSR count). The minimum Gasteiger partial charge on any atom is -0.474 e. The third kappa shape index (κ3) is 2.18. The molecule has 74 valence electrons. The zero-order valence-corrected chi connectivity index (χ0v) is 8.11. The molecular weight excluding hydrogens is 204 g/mol. The van der Waals surface area contributed by atoms with Crippen LogP contribution >= 0.6 is 11.6 Å². The van der Waals surface area contributed by atoms with Gasteiger partial charge >= 0.3 is 7.12 Å². The second-order valence-corrected chi connectivity index (χ2v) is 3.58. The Kier molecular flexibility index (Phi) is 2.63. The van der Waals surface area contributed by atoms with Gasteiger partial charge in [0.05, 0.1) is 0 Å². The maximum atomic E-state index is 8.88. The lowest BCUT2D eigenvalue weighted by Crippen LogP contribution is -2.31. The summed E-state index contributed by atoms with van der Waals surface area (Å²) in [5, 5.41) is 17.8. The second-order valence-electron chi connectivity index (χ2n) is 3.22. The Morgan fingerprint density at radius 1 is 1.43 bits per heavy atom. The summed E-state index contributed by atoms with van der Waals surface area (Å²) in [6.07, 6.45) is 2.34. The lowest BCUT2D eigenvalue weighted by atomic mass is 9.82. The third-order valence-corrected chi connectivity index (χ3v) is 2.24. The van der Waals surface area contributed by atoms with Crippen molar-refractivity contribution in [1.82, 2.24) is 4.98 Å². The van der Waals surface area contributed by atoms with Gasteiger partial charge in [-0.05, 0) is 12.8 Å². The van der Waals surface area contributed by atoms with Crippen molar-refractivity contribution in [1.29, 1.82) is 0 Å². The molecule has 0 spiro atoms. The lowest BCUT2D eigenvalue weighted by Gasteiger charge is -2.06. The van der Waals surface area contributed by atoms with Crippen LogP contribution in [0, 0.1) is 0 Å². The molecule has 0 aliphatic heterocycles. The van der Waals surface area contributed by atoms with Crippen LogP contribution in [0.2, 0.25) is 5.15 Å². The summed E-state index contributed by atoms with van der Waals surface area (Å²) in [6.45, 7) is 0. The van der Waals surface area contributed by atoms with Crippen LogP contribution in [-0.4, -0.2) is 28.3 Å². The Balaban J connectivity index is 2.16. The number of halogens is 1. The third-order valence-electron chi connectivity index (χ3n) is 1.94. The van der Waals surface area contributed by atoms with Gasteiger partial charge in [0, 0.05) is 11.5 Å². The summed E-state index contributed by atoms with van der Waals surface area (Å²) in [7, 11) is -1.59. The van der Waals surface area contributed by atoms with Crippen LogP contribution in [0.5, 0.6) is 5.88 Å². The standard InChI is InChI=1S/C8H9BClNO3/c10-8-6(9(12)13)3-4-7(11-8)14-5-1-2-5/h3-5,12-13H,1-2H2. The first kappa shape index (κ1) is 9.77. The molecule has 2 N–H and O–H groups in total. The maximum absolute atomic E-state index is 8.88. The van der Waals surface area contributed by atoms with Crippen LogP contribution in [0.1, 0.15) is 12.8 Å². The number of nitrogens with zero attached hydrogens (tertiary/aromatic N) is 1. The zero-order valence-electron chi connectivity index (χ0n) is 7.35. The fourth-order valence-electron chi connectivity index (χ4n) is 1.04. The van der Waals surface area contributed by atoms with Crippen LogP contribution < -0.4 is 10.2 Å². The molecule has 1 saturated carbocycles. The molecule has 14 heavy (non-hydrogen) atoms. The van der Waals surface area contributed by atoms with Gasteiger partial charge in [0.1, 0.15) is 11.3 Å². The van der Waals surface area contributed by atoms with Crippen molar-refractivity contribution in [3.8, 4) is 5.88 Å². The molecule has 1 aliphatic carbocycles. The van der Waals surface area contributed by atoms with Crippen LogP contribution in [0.25, 0.3) is 0 Å². The van der Waals surface area contributed by atoms with Crippen molar-refractivity contribution in [3.05, 3.63) is 17.3 Å². The van der Waals surface area contributed by atoms with Crippen molar-refractivity contribution in [2.75, 3.05) is 0 Å². The summed E-state index contributed by atoms with van der Waals surface area (Å²) < 4.78 is 5.38. The van der Waals surface area contributed by atoms with E-state index in [4.69, 9.17) is 26.4 Å². The summed E-state index contributed by atoms with van der Waals surface area (Å²) in [5.41, 5.74) is 0.190. The fourth-order valence-corrected chi connectivity index (χ4v) is 1.29. The lowest BCUT2D eigenvalue weighted by molar-refractivity contribution is 0.291. The van der Waals surface area contributed by atoms with Gasteiger partial charge in [-0.3, -0.25) is 0 Å². The molecule has 0 unspecified atom stereocenters. The fraction of sp³-hybridized carbons (Fsp3) is 0.375.